The van der Waals surface area contributed by atoms with E-state index in [1.165, 1.54) is 10.9 Å². The van der Waals surface area contributed by atoms with Crippen LogP contribution in [0.4, 0.5) is 0 Å². The lowest BCUT2D eigenvalue weighted by Crippen LogP contribution is -2.07. The van der Waals surface area contributed by atoms with Gasteiger partial charge in [-0.15, -0.1) is 5.10 Å². The Morgan fingerprint density at radius 3 is 2.37 bits per heavy atom. The lowest BCUT2D eigenvalue weighted by atomic mass is 10.1. The average Bonchev–Trinajstić information content (AvgIpc) is 2.84. The predicted octanol–water partition coefficient (Wildman–Crippen LogP) is 0.894. The van der Waals surface area contributed by atoms with Gasteiger partial charge in [-0.2, -0.15) is 20.9 Å². The molecular formula is C12H7N7. The SMILES string of the molecule is Cc1nnc(-n2cnc(C#N)c2C#N)c(C#N)c1C. The van der Waals surface area contributed by atoms with Crippen molar-refractivity contribution in [1.29, 1.82) is 15.8 Å². The number of hydrogen-bond donors (Lipinski definition) is 0. The predicted molar refractivity (Wildman–Crippen MR) is 62.8 cm³/mol. The summed E-state index contributed by atoms with van der Waals surface area (Å²) in [7, 11) is 0. The molecule has 0 radical (unpaired) electrons. The molecule has 0 fully saturated rings. The molecule has 0 aliphatic carbocycles. The minimum atomic E-state index is -0.00795. The van der Waals surface area contributed by atoms with Crippen LogP contribution in [0.1, 0.15) is 28.2 Å². The van der Waals surface area contributed by atoms with Gasteiger partial charge in [0.1, 0.15) is 30.1 Å². The summed E-state index contributed by atoms with van der Waals surface area (Å²) in [6, 6.07) is 5.73. The summed E-state index contributed by atoms with van der Waals surface area (Å²) in [5, 5.41) is 35.0. The monoisotopic (exact) mass is 249 g/mol. The summed E-state index contributed by atoms with van der Waals surface area (Å²) in [5.74, 6) is 0.205. The molecule has 0 saturated heterocycles. The fraction of sp³-hybridized carbons (Fsp3) is 0.167. The highest BCUT2D eigenvalue weighted by atomic mass is 15.2. The van der Waals surface area contributed by atoms with Crippen LogP contribution in [0.15, 0.2) is 6.33 Å². The van der Waals surface area contributed by atoms with Crippen molar-refractivity contribution < 1.29 is 0 Å². The Bertz CT molecular complexity index is 780. The second kappa shape index (κ2) is 4.56. The first-order valence-electron chi connectivity index (χ1n) is 5.26. The van der Waals surface area contributed by atoms with Crippen molar-refractivity contribution in [2.24, 2.45) is 0 Å². The van der Waals surface area contributed by atoms with E-state index in [-0.39, 0.29) is 17.2 Å². The first-order chi connectivity index (χ1) is 9.13. The van der Waals surface area contributed by atoms with Gasteiger partial charge >= 0.3 is 0 Å². The van der Waals surface area contributed by atoms with E-state index in [1.54, 1.807) is 13.8 Å². The summed E-state index contributed by atoms with van der Waals surface area (Å²) in [4.78, 5) is 3.81. The Balaban J connectivity index is 2.79. The van der Waals surface area contributed by atoms with Crippen LogP contribution in [0.25, 0.3) is 5.82 Å². The highest BCUT2D eigenvalue weighted by molar-refractivity contribution is 5.52. The molecule has 90 valence electrons. The Labute approximate surface area is 109 Å². The molecule has 0 atom stereocenters. The molecule has 2 rings (SSSR count). The van der Waals surface area contributed by atoms with Crippen LogP contribution in [-0.2, 0) is 0 Å². The highest BCUT2D eigenvalue weighted by Gasteiger charge is 2.18. The summed E-state index contributed by atoms with van der Waals surface area (Å²) >= 11 is 0. The Hall–Kier alpha value is -3.24. The molecule has 19 heavy (non-hydrogen) atoms. The van der Waals surface area contributed by atoms with Crippen LogP contribution in [0.3, 0.4) is 0 Å². The fourth-order valence-electron chi connectivity index (χ4n) is 1.60. The largest absolute Gasteiger partial charge is 0.270 e. The second-order valence-electron chi connectivity index (χ2n) is 3.76. The number of nitriles is 3. The second-order valence-corrected chi connectivity index (χ2v) is 3.76. The lowest BCUT2D eigenvalue weighted by Gasteiger charge is -2.07. The third kappa shape index (κ3) is 1.78. The Morgan fingerprint density at radius 1 is 1.05 bits per heavy atom. The summed E-state index contributed by atoms with van der Waals surface area (Å²) < 4.78 is 1.30. The molecule has 7 nitrogen and oxygen atoms in total. The number of aryl methyl sites for hydroxylation is 1. The summed E-state index contributed by atoms with van der Waals surface area (Å²) in [6.45, 7) is 3.49. The van der Waals surface area contributed by atoms with Crippen molar-refractivity contribution in [3.8, 4) is 24.0 Å². The average molecular weight is 249 g/mol. The van der Waals surface area contributed by atoms with E-state index in [0.717, 1.165) is 0 Å². The van der Waals surface area contributed by atoms with Crippen LogP contribution >= 0.6 is 0 Å². The van der Waals surface area contributed by atoms with Gasteiger partial charge in [0.25, 0.3) is 0 Å². The van der Waals surface area contributed by atoms with Crippen LogP contribution in [0.2, 0.25) is 0 Å². The van der Waals surface area contributed by atoms with Gasteiger partial charge in [0, 0.05) is 0 Å². The molecule has 0 spiro atoms. The molecule has 0 aliphatic heterocycles. The van der Waals surface area contributed by atoms with E-state index in [2.05, 4.69) is 15.2 Å². The van der Waals surface area contributed by atoms with Crippen molar-refractivity contribution >= 4 is 0 Å². The van der Waals surface area contributed by atoms with Crippen molar-refractivity contribution in [3.63, 3.8) is 0 Å². The molecule has 2 aromatic heterocycles. The Morgan fingerprint density at radius 2 is 1.79 bits per heavy atom. The molecule has 0 amide bonds. The topological polar surface area (TPSA) is 115 Å². The maximum absolute atomic E-state index is 9.21. The quantitative estimate of drug-likeness (QED) is 0.741. The van der Waals surface area contributed by atoms with E-state index in [4.69, 9.17) is 10.5 Å². The van der Waals surface area contributed by atoms with Crippen LogP contribution in [-0.4, -0.2) is 19.7 Å². The first kappa shape index (κ1) is 12.2. The fourth-order valence-corrected chi connectivity index (χ4v) is 1.60. The van der Waals surface area contributed by atoms with Gasteiger partial charge in [0.2, 0.25) is 0 Å². The smallest absolute Gasteiger partial charge is 0.179 e. The van der Waals surface area contributed by atoms with Gasteiger partial charge in [-0.3, -0.25) is 4.57 Å². The molecule has 0 aromatic carbocycles. The van der Waals surface area contributed by atoms with Gasteiger partial charge in [-0.25, -0.2) is 4.98 Å². The number of hydrogen-bond acceptors (Lipinski definition) is 6. The van der Waals surface area contributed by atoms with E-state index < -0.39 is 0 Å². The summed E-state index contributed by atoms with van der Waals surface area (Å²) in [5.41, 5.74) is 1.66. The molecular weight excluding hydrogens is 242 g/mol. The number of imidazole rings is 1. The maximum atomic E-state index is 9.21. The van der Waals surface area contributed by atoms with E-state index in [1.807, 2.05) is 18.2 Å². The minimum absolute atomic E-state index is 0.00795. The van der Waals surface area contributed by atoms with Crippen molar-refractivity contribution in [3.05, 3.63) is 34.5 Å². The van der Waals surface area contributed by atoms with Crippen LogP contribution < -0.4 is 0 Å². The van der Waals surface area contributed by atoms with Crippen molar-refractivity contribution in [2.45, 2.75) is 13.8 Å². The lowest BCUT2D eigenvalue weighted by molar-refractivity contribution is 0.867. The standard InChI is InChI=1S/C12H7N7/c1-7-8(2)17-18-12(9(7)3-13)19-6-16-10(4-14)11(19)5-15/h6H,1-2H3. The zero-order valence-electron chi connectivity index (χ0n) is 10.2. The molecule has 0 saturated carbocycles. The zero-order chi connectivity index (χ0) is 14.0. The maximum Gasteiger partial charge on any atom is 0.179 e. The number of nitrogens with zero attached hydrogens (tertiary/aromatic N) is 7. The molecule has 0 bridgehead atoms. The molecule has 0 aliphatic rings. The minimum Gasteiger partial charge on any atom is -0.270 e. The first-order valence-corrected chi connectivity index (χ1v) is 5.26. The van der Waals surface area contributed by atoms with Crippen LogP contribution in [0.5, 0.6) is 0 Å². The third-order valence-corrected chi connectivity index (χ3v) is 2.76. The van der Waals surface area contributed by atoms with Crippen LogP contribution in [0, 0.1) is 47.8 Å². The summed E-state index contributed by atoms with van der Waals surface area (Å²) in [6.07, 6.45) is 1.29. The van der Waals surface area contributed by atoms with Gasteiger partial charge in [-0.1, -0.05) is 0 Å². The zero-order valence-corrected chi connectivity index (χ0v) is 10.2. The van der Waals surface area contributed by atoms with Crippen molar-refractivity contribution in [2.75, 3.05) is 0 Å². The highest BCUT2D eigenvalue weighted by Crippen LogP contribution is 2.19. The number of aromatic nitrogens is 4. The molecule has 0 unspecified atom stereocenters. The number of rotatable bonds is 1. The molecule has 2 heterocycles. The van der Waals surface area contributed by atoms with E-state index >= 15 is 0 Å². The normalized spacial score (nSPS) is 9.42. The molecule has 2 aromatic rings. The van der Waals surface area contributed by atoms with E-state index in [0.29, 0.717) is 16.8 Å². The van der Waals surface area contributed by atoms with Gasteiger partial charge in [0.05, 0.1) is 5.69 Å². The van der Waals surface area contributed by atoms with Gasteiger partial charge < -0.3 is 0 Å². The van der Waals surface area contributed by atoms with E-state index in [9.17, 15) is 5.26 Å². The molecule has 0 N–H and O–H groups in total. The van der Waals surface area contributed by atoms with Crippen molar-refractivity contribution in [1.82, 2.24) is 19.7 Å². The Kier molecular flexibility index (Phi) is 2.93. The third-order valence-electron chi connectivity index (χ3n) is 2.76. The molecule has 7 heteroatoms. The van der Waals surface area contributed by atoms with Gasteiger partial charge in [-0.05, 0) is 19.4 Å². The van der Waals surface area contributed by atoms with Gasteiger partial charge in [0.15, 0.2) is 17.2 Å².